The van der Waals surface area contributed by atoms with Gasteiger partial charge >= 0.3 is 0 Å². The maximum atomic E-state index is 5.84. The first-order valence-corrected chi connectivity index (χ1v) is 11.2. The van der Waals surface area contributed by atoms with E-state index in [2.05, 4.69) is 63.7 Å². The molecule has 2 unspecified atom stereocenters. The number of ether oxygens (including phenoxy) is 4. The molecule has 2 fully saturated rings. The van der Waals surface area contributed by atoms with Crippen molar-refractivity contribution in [1.82, 2.24) is 0 Å². The van der Waals surface area contributed by atoms with Crippen molar-refractivity contribution in [1.29, 1.82) is 0 Å². The van der Waals surface area contributed by atoms with Gasteiger partial charge in [-0.2, -0.15) is 0 Å². The van der Waals surface area contributed by atoms with Gasteiger partial charge in [0.15, 0.2) is 0 Å². The molecule has 2 aromatic carbocycles. The van der Waals surface area contributed by atoms with E-state index in [1.165, 1.54) is 0 Å². The first-order valence-electron chi connectivity index (χ1n) is 7.98. The number of rotatable bonds is 7. The molecule has 26 heavy (non-hydrogen) atoms. The lowest BCUT2D eigenvalue weighted by atomic mass is 10.1. The molecule has 2 heterocycles. The number of hydrogen-bond acceptors (Lipinski definition) is 4. The molecule has 0 amide bonds. The summed E-state index contributed by atoms with van der Waals surface area (Å²) < 4.78 is 25.6. The van der Waals surface area contributed by atoms with Gasteiger partial charge in [0.1, 0.15) is 36.9 Å². The molecule has 4 rings (SSSR count). The van der Waals surface area contributed by atoms with Gasteiger partial charge < -0.3 is 18.9 Å². The number of halogens is 4. The van der Waals surface area contributed by atoms with Crippen molar-refractivity contribution >= 4 is 63.7 Å². The summed E-state index contributed by atoms with van der Waals surface area (Å²) in [7, 11) is 0. The minimum atomic E-state index is 0.217. The van der Waals surface area contributed by atoms with Gasteiger partial charge in [0.25, 0.3) is 0 Å². The van der Waals surface area contributed by atoms with Crippen LogP contribution in [0.5, 0.6) is 11.5 Å². The quantitative estimate of drug-likeness (QED) is 0.362. The topological polar surface area (TPSA) is 43.5 Å². The summed E-state index contributed by atoms with van der Waals surface area (Å²) in [5.74, 6) is 1.57. The van der Waals surface area contributed by atoms with Crippen molar-refractivity contribution in [3.63, 3.8) is 0 Å². The van der Waals surface area contributed by atoms with Gasteiger partial charge in [-0.15, -0.1) is 0 Å². The van der Waals surface area contributed by atoms with Crippen LogP contribution in [0.4, 0.5) is 0 Å². The highest BCUT2D eigenvalue weighted by molar-refractivity contribution is 9.11. The van der Waals surface area contributed by atoms with E-state index >= 15 is 0 Å². The zero-order chi connectivity index (χ0) is 18.3. The van der Waals surface area contributed by atoms with Crippen LogP contribution in [0.1, 0.15) is 0 Å². The summed E-state index contributed by atoms with van der Waals surface area (Å²) in [5.41, 5.74) is 2.11. The average Bonchev–Trinajstić information content (AvgIpc) is 3.47. The van der Waals surface area contributed by atoms with Crippen LogP contribution in [0.2, 0.25) is 0 Å². The molecule has 138 valence electrons. The van der Waals surface area contributed by atoms with Gasteiger partial charge in [0.2, 0.25) is 0 Å². The second-order valence-corrected chi connectivity index (χ2v) is 9.49. The number of hydrogen-bond donors (Lipinski definition) is 0. The largest absolute Gasteiger partial charge is 0.488 e. The Kier molecular flexibility index (Phi) is 5.98. The van der Waals surface area contributed by atoms with Crippen LogP contribution in [-0.4, -0.2) is 38.6 Å². The fourth-order valence-corrected chi connectivity index (χ4v) is 5.24. The fourth-order valence-electron chi connectivity index (χ4n) is 2.41. The second-order valence-electron chi connectivity index (χ2n) is 6.07. The smallest absolute Gasteiger partial charge is 0.147 e. The van der Waals surface area contributed by atoms with Gasteiger partial charge in [-0.25, -0.2) is 0 Å². The minimum Gasteiger partial charge on any atom is -0.488 e. The van der Waals surface area contributed by atoms with E-state index < -0.39 is 0 Å². The van der Waals surface area contributed by atoms with Crippen LogP contribution in [0.3, 0.4) is 0 Å². The molecular weight excluding hydrogens is 600 g/mol. The van der Waals surface area contributed by atoms with E-state index in [0.717, 1.165) is 53.7 Å². The van der Waals surface area contributed by atoms with E-state index in [1.54, 1.807) is 0 Å². The van der Waals surface area contributed by atoms with Crippen molar-refractivity contribution in [2.75, 3.05) is 26.4 Å². The van der Waals surface area contributed by atoms with Crippen LogP contribution >= 0.6 is 63.7 Å². The Balaban J connectivity index is 1.57. The molecule has 2 saturated heterocycles. The molecular formula is C18H14Br4O4. The fraction of sp³-hybridized carbons (Fsp3) is 0.333. The summed E-state index contributed by atoms with van der Waals surface area (Å²) in [4.78, 5) is 0. The van der Waals surface area contributed by atoms with Crippen molar-refractivity contribution in [2.24, 2.45) is 0 Å². The lowest BCUT2D eigenvalue weighted by molar-refractivity contribution is 0.260. The molecule has 2 aromatic rings. The third kappa shape index (κ3) is 4.64. The molecule has 0 spiro atoms. The van der Waals surface area contributed by atoms with E-state index in [1.807, 2.05) is 24.3 Å². The maximum absolute atomic E-state index is 5.84. The van der Waals surface area contributed by atoms with Gasteiger partial charge in [-0.3, -0.25) is 0 Å². The highest BCUT2D eigenvalue weighted by Gasteiger charge is 2.25. The molecule has 0 radical (unpaired) electrons. The Bertz CT molecular complexity index is 718. The molecule has 8 heteroatoms. The van der Waals surface area contributed by atoms with Gasteiger partial charge in [-0.05, 0) is 99.1 Å². The molecule has 0 aliphatic carbocycles. The molecule has 2 aliphatic heterocycles. The van der Waals surface area contributed by atoms with Crippen LogP contribution in [0.25, 0.3) is 11.1 Å². The Morgan fingerprint density at radius 2 is 1.00 bits per heavy atom. The molecule has 0 N–H and O–H groups in total. The van der Waals surface area contributed by atoms with Gasteiger partial charge in [-0.1, -0.05) is 0 Å². The predicted molar refractivity (Wildman–Crippen MR) is 113 cm³/mol. The summed E-state index contributed by atoms with van der Waals surface area (Å²) in [6.07, 6.45) is 0.433. The summed E-state index contributed by atoms with van der Waals surface area (Å²) in [6.45, 7) is 2.67. The van der Waals surface area contributed by atoms with Gasteiger partial charge in [0, 0.05) is 0 Å². The monoisotopic (exact) mass is 610 g/mol. The number of benzene rings is 2. The molecule has 0 aromatic heterocycles. The normalized spacial score (nSPS) is 20.8. The Morgan fingerprint density at radius 3 is 1.27 bits per heavy atom. The lowest BCUT2D eigenvalue weighted by Crippen LogP contribution is -2.05. The van der Waals surface area contributed by atoms with E-state index in [-0.39, 0.29) is 12.2 Å². The molecule has 2 atom stereocenters. The van der Waals surface area contributed by atoms with E-state index in [4.69, 9.17) is 18.9 Å². The van der Waals surface area contributed by atoms with Gasteiger partial charge in [0.05, 0.1) is 31.1 Å². The molecule has 2 aliphatic rings. The molecule has 0 saturated carbocycles. The number of epoxide rings is 2. The van der Waals surface area contributed by atoms with Crippen molar-refractivity contribution in [3.05, 3.63) is 42.2 Å². The third-order valence-corrected chi connectivity index (χ3v) is 6.32. The zero-order valence-corrected chi connectivity index (χ0v) is 19.8. The van der Waals surface area contributed by atoms with Crippen LogP contribution in [-0.2, 0) is 9.47 Å². The summed E-state index contributed by atoms with van der Waals surface area (Å²) in [5, 5.41) is 0. The van der Waals surface area contributed by atoms with E-state index in [9.17, 15) is 0 Å². The first kappa shape index (κ1) is 19.2. The summed E-state index contributed by atoms with van der Waals surface area (Å²) >= 11 is 14.4. The highest BCUT2D eigenvalue weighted by Crippen LogP contribution is 2.42. The Hall–Kier alpha value is -0.120. The van der Waals surface area contributed by atoms with E-state index in [0.29, 0.717) is 13.2 Å². The minimum absolute atomic E-state index is 0.217. The second kappa shape index (κ2) is 8.09. The first-order chi connectivity index (χ1) is 12.5. The third-order valence-electron chi connectivity index (χ3n) is 3.96. The van der Waals surface area contributed by atoms with Crippen molar-refractivity contribution < 1.29 is 18.9 Å². The van der Waals surface area contributed by atoms with Crippen molar-refractivity contribution in [3.8, 4) is 22.6 Å². The Labute approximate surface area is 185 Å². The van der Waals surface area contributed by atoms with Crippen LogP contribution in [0.15, 0.2) is 42.2 Å². The predicted octanol–water partition coefficient (Wildman–Crippen LogP) is 5.96. The summed E-state index contributed by atoms with van der Waals surface area (Å²) in [6, 6.07) is 8.17. The Morgan fingerprint density at radius 1 is 0.692 bits per heavy atom. The SMILES string of the molecule is Brc1cc(-c2cc(Br)c(OCC3CO3)c(Br)c2)cc(Br)c1OCC1CO1. The lowest BCUT2D eigenvalue weighted by Gasteiger charge is -2.14. The average molecular weight is 614 g/mol. The van der Waals surface area contributed by atoms with Crippen molar-refractivity contribution in [2.45, 2.75) is 12.2 Å². The standard InChI is InChI=1S/C18H14Br4O4/c19-13-1-9(2-14(20)17(13)25-7-11-5-23-11)10-3-15(21)18(16(22)4-10)26-8-12-6-24-12/h1-4,11-12H,5-8H2. The zero-order valence-electron chi connectivity index (χ0n) is 13.4. The maximum Gasteiger partial charge on any atom is 0.147 e. The molecule has 0 bridgehead atoms. The molecule has 4 nitrogen and oxygen atoms in total. The van der Waals surface area contributed by atoms with Crippen LogP contribution < -0.4 is 9.47 Å². The highest BCUT2D eigenvalue weighted by atomic mass is 79.9. The van der Waals surface area contributed by atoms with Crippen LogP contribution in [0, 0.1) is 0 Å².